The summed E-state index contributed by atoms with van der Waals surface area (Å²) in [7, 11) is 0. The highest BCUT2D eigenvalue weighted by Gasteiger charge is 2.36. The molecule has 0 aromatic carbocycles. The first-order valence-electron chi connectivity index (χ1n) is 6.71. The summed E-state index contributed by atoms with van der Waals surface area (Å²) < 4.78 is 6.19. The van der Waals surface area contributed by atoms with Crippen LogP contribution in [0.1, 0.15) is 47.0 Å². The van der Waals surface area contributed by atoms with Gasteiger partial charge in [-0.2, -0.15) is 0 Å². The van der Waals surface area contributed by atoms with Crippen molar-refractivity contribution in [3.8, 4) is 0 Å². The van der Waals surface area contributed by atoms with Gasteiger partial charge in [-0.15, -0.1) is 0 Å². The van der Waals surface area contributed by atoms with Gasteiger partial charge in [-0.25, -0.2) is 0 Å². The maximum atomic E-state index is 6.19. The quantitative estimate of drug-likeness (QED) is 0.688. The summed E-state index contributed by atoms with van der Waals surface area (Å²) in [5, 5.41) is 0. The van der Waals surface area contributed by atoms with Crippen LogP contribution in [0.15, 0.2) is 23.5 Å². The van der Waals surface area contributed by atoms with E-state index >= 15 is 0 Å². The van der Waals surface area contributed by atoms with E-state index in [2.05, 4.69) is 39.8 Å². The van der Waals surface area contributed by atoms with Crippen LogP contribution in [0.3, 0.4) is 0 Å². The van der Waals surface area contributed by atoms with E-state index in [0.29, 0.717) is 23.9 Å². The summed E-state index contributed by atoms with van der Waals surface area (Å²) in [6.07, 6.45) is 8.67. The number of hydrogen-bond acceptors (Lipinski definition) is 1. The van der Waals surface area contributed by atoms with Crippen LogP contribution in [0.25, 0.3) is 0 Å². The third-order valence-electron chi connectivity index (χ3n) is 4.00. The van der Waals surface area contributed by atoms with Gasteiger partial charge in [-0.1, -0.05) is 46.3 Å². The first-order valence-corrected chi connectivity index (χ1v) is 6.71. The Kier molecular flexibility index (Phi) is 3.41. The molecule has 0 amide bonds. The average molecular weight is 220 g/mol. The van der Waals surface area contributed by atoms with Crippen molar-refractivity contribution >= 4 is 0 Å². The summed E-state index contributed by atoms with van der Waals surface area (Å²) in [6, 6.07) is 0. The van der Waals surface area contributed by atoms with Crippen molar-refractivity contribution in [2.75, 3.05) is 0 Å². The van der Waals surface area contributed by atoms with Crippen molar-refractivity contribution in [1.29, 1.82) is 0 Å². The second-order valence-electron chi connectivity index (χ2n) is 5.56. The monoisotopic (exact) mass is 220 g/mol. The minimum absolute atomic E-state index is 0.417. The van der Waals surface area contributed by atoms with Gasteiger partial charge < -0.3 is 4.74 Å². The molecule has 0 N–H and O–H groups in total. The summed E-state index contributed by atoms with van der Waals surface area (Å²) in [5.41, 5.74) is 1.46. The SMILES string of the molecule is CCCC(C)C1OC2=C(C=CC(C)C2)C1C. The maximum absolute atomic E-state index is 6.19. The molecule has 0 fully saturated rings. The average Bonchev–Trinajstić information content (AvgIpc) is 2.56. The minimum atomic E-state index is 0.417. The summed E-state index contributed by atoms with van der Waals surface area (Å²) in [4.78, 5) is 0. The van der Waals surface area contributed by atoms with E-state index in [1.54, 1.807) is 0 Å². The molecule has 1 aliphatic heterocycles. The Morgan fingerprint density at radius 3 is 2.88 bits per heavy atom. The molecule has 0 aromatic heterocycles. The molecule has 0 aromatic rings. The Hall–Kier alpha value is -0.720. The van der Waals surface area contributed by atoms with Gasteiger partial charge in [0.2, 0.25) is 0 Å². The highest BCUT2D eigenvalue weighted by atomic mass is 16.5. The molecule has 0 spiro atoms. The molecule has 4 atom stereocenters. The molecule has 2 rings (SSSR count). The van der Waals surface area contributed by atoms with Crippen LogP contribution < -0.4 is 0 Å². The Morgan fingerprint density at radius 1 is 1.44 bits per heavy atom. The molecule has 1 aliphatic carbocycles. The lowest BCUT2D eigenvalue weighted by Gasteiger charge is -2.23. The van der Waals surface area contributed by atoms with E-state index in [9.17, 15) is 0 Å². The molecule has 4 unspecified atom stereocenters. The van der Waals surface area contributed by atoms with Gasteiger partial charge in [0.25, 0.3) is 0 Å². The summed E-state index contributed by atoms with van der Waals surface area (Å²) >= 11 is 0. The van der Waals surface area contributed by atoms with E-state index in [0.717, 1.165) is 6.42 Å². The Balaban J connectivity index is 2.07. The molecular weight excluding hydrogens is 196 g/mol. The van der Waals surface area contributed by atoms with Crippen molar-refractivity contribution in [3.05, 3.63) is 23.5 Å². The normalized spacial score (nSPS) is 34.9. The Morgan fingerprint density at radius 2 is 2.19 bits per heavy atom. The zero-order chi connectivity index (χ0) is 11.7. The standard InChI is InChI=1S/C15H24O/c1-5-6-11(3)15-12(4)13-8-7-10(2)9-14(13)16-15/h7-8,10-12,15H,5-6,9H2,1-4H3. The van der Waals surface area contributed by atoms with Crippen LogP contribution in [-0.2, 0) is 4.74 Å². The zero-order valence-corrected chi connectivity index (χ0v) is 11.0. The van der Waals surface area contributed by atoms with Crippen LogP contribution in [0, 0.1) is 17.8 Å². The molecular formula is C15H24O. The van der Waals surface area contributed by atoms with E-state index in [-0.39, 0.29) is 0 Å². The summed E-state index contributed by atoms with van der Waals surface area (Å²) in [5.74, 6) is 3.18. The van der Waals surface area contributed by atoms with Crippen molar-refractivity contribution in [2.45, 2.75) is 53.1 Å². The molecule has 0 saturated heterocycles. The molecule has 0 saturated carbocycles. The van der Waals surface area contributed by atoms with Gasteiger partial charge >= 0.3 is 0 Å². The predicted octanol–water partition coefficient (Wildman–Crippen LogP) is 4.31. The van der Waals surface area contributed by atoms with E-state index in [1.165, 1.54) is 24.2 Å². The predicted molar refractivity (Wildman–Crippen MR) is 68.1 cm³/mol. The van der Waals surface area contributed by atoms with Crippen LogP contribution in [-0.4, -0.2) is 6.10 Å². The first-order chi connectivity index (χ1) is 7.63. The molecule has 0 radical (unpaired) electrons. The molecule has 16 heavy (non-hydrogen) atoms. The van der Waals surface area contributed by atoms with Crippen molar-refractivity contribution in [1.82, 2.24) is 0 Å². The molecule has 0 bridgehead atoms. The highest BCUT2D eigenvalue weighted by Crippen LogP contribution is 2.41. The fraction of sp³-hybridized carbons (Fsp3) is 0.733. The lowest BCUT2D eigenvalue weighted by molar-refractivity contribution is 0.0601. The topological polar surface area (TPSA) is 9.23 Å². The largest absolute Gasteiger partial charge is 0.494 e. The van der Waals surface area contributed by atoms with Gasteiger partial charge in [-0.3, -0.25) is 0 Å². The fourth-order valence-corrected chi connectivity index (χ4v) is 3.03. The van der Waals surface area contributed by atoms with Crippen molar-refractivity contribution in [2.24, 2.45) is 17.8 Å². The third-order valence-corrected chi connectivity index (χ3v) is 4.00. The molecule has 1 nitrogen and oxygen atoms in total. The van der Waals surface area contributed by atoms with Crippen molar-refractivity contribution < 1.29 is 4.74 Å². The van der Waals surface area contributed by atoms with E-state index in [1.807, 2.05) is 0 Å². The number of hydrogen-bond donors (Lipinski definition) is 0. The van der Waals surface area contributed by atoms with Crippen LogP contribution in [0.4, 0.5) is 0 Å². The van der Waals surface area contributed by atoms with Crippen molar-refractivity contribution in [3.63, 3.8) is 0 Å². The molecule has 1 heterocycles. The lowest BCUT2D eigenvalue weighted by atomic mass is 9.85. The Bertz CT molecular complexity index is 313. The van der Waals surface area contributed by atoms with Crippen LogP contribution >= 0.6 is 0 Å². The highest BCUT2D eigenvalue weighted by molar-refractivity contribution is 5.33. The first kappa shape index (κ1) is 11.8. The van der Waals surface area contributed by atoms with Gasteiger partial charge in [0.05, 0.1) is 0 Å². The second-order valence-corrected chi connectivity index (χ2v) is 5.56. The minimum Gasteiger partial charge on any atom is -0.494 e. The number of ether oxygens (including phenoxy) is 1. The van der Waals surface area contributed by atoms with Crippen LogP contribution in [0.5, 0.6) is 0 Å². The van der Waals surface area contributed by atoms with Gasteiger partial charge in [0.1, 0.15) is 11.9 Å². The van der Waals surface area contributed by atoms with E-state index in [4.69, 9.17) is 4.74 Å². The second kappa shape index (κ2) is 4.65. The van der Waals surface area contributed by atoms with E-state index < -0.39 is 0 Å². The van der Waals surface area contributed by atoms with Crippen LogP contribution in [0.2, 0.25) is 0 Å². The Labute approximate surface area is 99.6 Å². The number of allylic oxidation sites excluding steroid dienone is 3. The number of rotatable bonds is 3. The summed E-state index contributed by atoms with van der Waals surface area (Å²) in [6.45, 7) is 9.16. The van der Waals surface area contributed by atoms with Gasteiger partial charge in [0.15, 0.2) is 0 Å². The zero-order valence-electron chi connectivity index (χ0n) is 11.0. The van der Waals surface area contributed by atoms with Gasteiger partial charge in [-0.05, 0) is 23.8 Å². The molecule has 2 aliphatic rings. The smallest absolute Gasteiger partial charge is 0.107 e. The fourth-order valence-electron chi connectivity index (χ4n) is 3.03. The van der Waals surface area contributed by atoms with Gasteiger partial charge in [0, 0.05) is 12.3 Å². The maximum Gasteiger partial charge on any atom is 0.107 e. The lowest BCUT2D eigenvalue weighted by Crippen LogP contribution is -2.24. The molecule has 90 valence electrons. The molecule has 1 heteroatoms. The third kappa shape index (κ3) is 2.05.